The van der Waals surface area contributed by atoms with Crippen LogP contribution in [-0.4, -0.2) is 66.9 Å². The number of likely N-dealkylation sites (tertiary alicyclic amines) is 1. The molecule has 0 atom stereocenters. The molecule has 1 saturated heterocycles. The quantitative estimate of drug-likeness (QED) is 0.326. The number of benzene rings is 3. The zero-order valence-electron chi connectivity index (χ0n) is 23.3. The number of halogens is 3. The molecule has 0 bridgehead atoms. The van der Waals surface area contributed by atoms with E-state index in [1.807, 2.05) is 12.1 Å². The zero-order valence-corrected chi connectivity index (χ0v) is 23.3. The highest BCUT2D eigenvalue weighted by atomic mass is 19.4. The maximum atomic E-state index is 12.4. The van der Waals surface area contributed by atoms with E-state index < -0.39 is 12.1 Å². The van der Waals surface area contributed by atoms with Crippen molar-refractivity contribution in [3.63, 3.8) is 0 Å². The minimum absolute atomic E-state index is 0.0444. The van der Waals surface area contributed by atoms with Gasteiger partial charge >= 0.3 is 12.1 Å². The zero-order chi connectivity index (χ0) is 30.1. The lowest BCUT2D eigenvalue weighted by atomic mass is 9.90. The van der Waals surface area contributed by atoms with Crippen LogP contribution < -0.4 is 14.8 Å². The molecule has 7 nitrogen and oxygen atoms in total. The summed E-state index contributed by atoms with van der Waals surface area (Å²) in [4.78, 5) is 23.8. The minimum Gasteiger partial charge on any atom is -0.493 e. The first kappa shape index (κ1) is 30.9. The van der Waals surface area contributed by atoms with E-state index in [0.29, 0.717) is 29.0 Å². The first-order valence-corrected chi connectivity index (χ1v) is 13.9. The van der Waals surface area contributed by atoms with Gasteiger partial charge in [0.05, 0.1) is 7.11 Å². The maximum Gasteiger partial charge on any atom is 0.490 e. The van der Waals surface area contributed by atoms with Crippen molar-refractivity contribution in [2.75, 3.05) is 26.7 Å². The molecule has 0 spiro atoms. The Kier molecular flexibility index (Phi) is 10.5. The van der Waals surface area contributed by atoms with E-state index in [1.54, 1.807) is 13.2 Å². The third kappa shape index (κ3) is 8.97. The van der Waals surface area contributed by atoms with Crippen molar-refractivity contribution in [2.45, 2.75) is 49.9 Å². The van der Waals surface area contributed by atoms with E-state index in [-0.39, 0.29) is 12.0 Å². The lowest BCUT2D eigenvalue weighted by Crippen LogP contribution is -2.40. The summed E-state index contributed by atoms with van der Waals surface area (Å²) in [6, 6.07) is 27.4. The molecule has 224 valence electrons. The summed E-state index contributed by atoms with van der Waals surface area (Å²) in [5.74, 6) is -1.13. The summed E-state index contributed by atoms with van der Waals surface area (Å²) in [5.41, 5.74) is 3.32. The first-order chi connectivity index (χ1) is 20.1. The summed E-state index contributed by atoms with van der Waals surface area (Å²) < 4.78 is 43.6. The third-order valence-corrected chi connectivity index (χ3v) is 7.25. The first-order valence-electron chi connectivity index (χ1n) is 13.9. The number of rotatable bonds is 9. The van der Waals surface area contributed by atoms with Gasteiger partial charge in [0, 0.05) is 37.2 Å². The predicted molar refractivity (Wildman–Crippen MR) is 152 cm³/mol. The molecule has 0 radical (unpaired) electrons. The Bertz CT molecular complexity index is 1270. The van der Waals surface area contributed by atoms with Crippen molar-refractivity contribution in [3.05, 3.63) is 95.6 Å². The lowest BCUT2D eigenvalue weighted by molar-refractivity contribution is -0.192. The number of hydrogen-bond donors (Lipinski definition) is 2. The number of nitrogens with one attached hydrogen (secondary N) is 1. The Labute approximate surface area is 243 Å². The van der Waals surface area contributed by atoms with E-state index in [4.69, 9.17) is 19.4 Å². The number of ether oxygens (including phenoxy) is 2. The van der Waals surface area contributed by atoms with Crippen LogP contribution in [-0.2, 0) is 4.79 Å². The number of carbonyl (C=O) groups excluding carboxylic acids is 1. The molecule has 42 heavy (non-hydrogen) atoms. The topological polar surface area (TPSA) is 88.1 Å². The molecule has 5 rings (SSSR count). The summed E-state index contributed by atoms with van der Waals surface area (Å²) >= 11 is 0. The van der Waals surface area contributed by atoms with Gasteiger partial charge in [-0.2, -0.15) is 13.2 Å². The van der Waals surface area contributed by atoms with Crippen LogP contribution in [0.3, 0.4) is 0 Å². The molecule has 0 aromatic heterocycles. The number of alkyl halides is 3. The van der Waals surface area contributed by atoms with E-state index in [0.717, 1.165) is 45.3 Å². The van der Waals surface area contributed by atoms with Gasteiger partial charge in [-0.25, -0.2) is 4.79 Å². The molecule has 2 N–H and O–H groups in total. The molecule has 0 unspecified atom stereocenters. The summed E-state index contributed by atoms with van der Waals surface area (Å²) in [5, 5.41) is 10.2. The van der Waals surface area contributed by atoms with Gasteiger partial charge in [0.25, 0.3) is 5.91 Å². The number of hydrogen-bond acceptors (Lipinski definition) is 5. The number of carbonyl (C=O) groups is 2. The molecule has 2 fully saturated rings. The van der Waals surface area contributed by atoms with Gasteiger partial charge in [0.1, 0.15) is 6.10 Å². The lowest BCUT2D eigenvalue weighted by Gasteiger charge is -2.35. The minimum atomic E-state index is -5.08. The van der Waals surface area contributed by atoms with E-state index in [1.165, 1.54) is 11.1 Å². The van der Waals surface area contributed by atoms with Gasteiger partial charge in [-0.3, -0.25) is 4.79 Å². The van der Waals surface area contributed by atoms with Crippen molar-refractivity contribution in [1.29, 1.82) is 0 Å². The number of carboxylic acid groups (broad SMARTS) is 1. The molecule has 1 amide bonds. The van der Waals surface area contributed by atoms with Crippen LogP contribution in [0.5, 0.6) is 11.5 Å². The van der Waals surface area contributed by atoms with Crippen molar-refractivity contribution >= 4 is 11.9 Å². The van der Waals surface area contributed by atoms with Crippen molar-refractivity contribution in [3.8, 4) is 11.5 Å². The van der Waals surface area contributed by atoms with Gasteiger partial charge in [-0.1, -0.05) is 60.7 Å². The molecule has 1 aliphatic heterocycles. The van der Waals surface area contributed by atoms with Crippen molar-refractivity contribution < 1.29 is 37.3 Å². The van der Waals surface area contributed by atoms with Crippen LogP contribution >= 0.6 is 0 Å². The molecular formula is C32H35F3N2O5. The van der Waals surface area contributed by atoms with Crippen LogP contribution in [0.25, 0.3) is 0 Å². The second-order valence-electron chi connectivity index (χ2n) is 10.4. The SMILES string of the molecule is COc1cc(C(=O)NC2CC2)ccc1OC1CCN(CC(c2ccccc2)c2ccccc2)CC1.O=C(O)C(F)(F)F. The number of aliphatic carboxylic acids is 1. The van der Waals surface area contributed by atoms with Gasteiger partial charge in [-0.15, -0.1) is 0 Å². The summed E-state index contributed by atoms with van der Waals surface area (Å²) in [7, 11) is 1.63. The van der Waals surface area contributed by atoms with Crippen LogP contribution in [0.4, 0.5) is 13.2 Å². The number of nitrogens with zero attached hydrogens (tertiary/aromatic N) is 1. The normalized spacial score (nSPS) is 15.8. The predicted octanol–water partition coefficient (Wildman–Crippen LogP) is 5.90. The van der Waals surface area contributed by atoms with E-state index >= 15 is 0 Å². The highest BCUT2D eigenvalue weighted by molar-refractivity contribution is 5.95. The van der Waals surface area contributed by atoms with Crippen molar-refractivity contribution in [1.82, 2.24) is 10.2 Å². The smallest absolute Gasteiger partial charge is 0.490 e. The maximum absolute atomic E-state index is 12.4. The second-order valence-corrected chi connectivity index (χ2v) is 10.4. The largest absolute Gasteiger partial charge is 0.493 e. The molecule has 1 saturated carbocycles. The van der Waals surface area contributed by atoms with Crippen LogP contribution in [0.15, 0.2) is 78.9 Å². The third-order valence-electron chi connectivity index (χ3n) is 7.25. The van der Waals surface area contributed by atoms with Crippen molar-refractivity contribution in [2.24, 2.45) is 0 Å². The Morgan fingerprint density at radius 1 is 0.905 bits per heavy atom. The highest BCUT2D eigenvalue weighted by Gasteiger charge is 2.38. The fourth-order valence-corrected chi connectivity index (χ4v) is 4.82. The van der Waals surface area contributed by atoms with E-state index in [2.05, 4.69) is 70.9 Å². The highest BCUT2D eigenvalue weighted by Crippen LogP contribution is 2.32. The molecule has 1 aliphatic carbocycles. The Balaban J connectivity index is 0.000000517. The molecule has 1 heterocycles. The van der Waals surface area contributed by atoms with Gasteiger partial charge in [0.2, 0.25) is 0 Å². The molecular weight excluding hydrogens is 549 g/mol. The van der Waals surface area contributed by atoms with E-state index in [9.17, 15) is 18.0 Å². The average molecular weight is 585 g/mol. The van der Waals surface area contributed by atoms with Crippen LogP contribution in [0.2, 0.25) is 0 Å². The Morgan fingerprint density at radius 3 is 1.93 bits per heavy atom. The van der Waals surface area contributed by atoms with Gasteiger partial charge < -0.3 is 24.8 Å². The molecule has 2 aliphatic rings. The van der Waals surface area contributed by atoms with Crippen LogP contribution in [0.1, 0.15) is 53.1 Å². The molecule has 3 aromatic rings. The average Bonchev–Trinajstić information content (AvgIpc) is 3.81. The Hall–Kier alpha value is -4.05. The summed E-state index contributed by atoms with van der Waals surface area (Å²) in [6.07, 6.45) is -0.883. The molecule has 3 aromatic carbocycles. The number of piperidine rings is 1. The van der Waals surface area contributed by atoms with Crippen LogP contribution in [0, 0.1) is 0 Å². The fraction of sp³-hybridized carbons (Fsp3) is 0.375. The standard InChI is InChI=1S/C30H34N2O3.C2HF3O2/c1-34-29-20-24(30(33)31-25-13-14-25)12-15-28(29)35-26-16-18-32(19-17-26)21-27(22-8-4-2-5-9-22)23-10-6-3-7-11-23;3-2(4,5)1(6)7/h2-12,15,20,25-27H,13-14,16-19,21H2,1H3,(H,31,33);(H,6,7). The number of methoxy groups -OCH3 is 1. The Morgan fingerprint density at radius 2 is 1.45 bits per heavy atom. The van der Waals surface area contributed by atoms with Gasteiger partial charge in [0.15, 0.2) is 11.5 Å². The number of amides is 1. The number of carboxylic acids is 1. The second kappa shape index (κ2) is 14.2. The fourth-order valence-electron chi connectivity index (χ4n) is 4.82. The summed E-state index contributed by atoms with van der Waals surface area (Å²) in [6.45, 7) is 2.98. The molecule has 10 heteroatoms. The monoisotopic (exact) mass is 584 g/mol. The van der Waals surface area contributed by atoms with Gasteiger partial charge in [-0.05, 0) is 55.0 Å².